The molecular formula is C16H14Cl2N2. The third kappa shape index (κ3) is 5.16. The van der Waals surface area contributed by atoms with Crippen molar-refractivity contribution < 1.29 is 0 Å². The van der Waals surface area contributed by atoms with E-state index in [4.69, 9.17) is 23.2 Å². The van der Waals surface area contributed by atoms with Gasteiger partial charge in [0.2, 0.25) is 0 Å². The quantitative estimate of drug-likeness (QED) is 0.573. The van der Waals surface area contributed by atoms with Gasteiger partial charge in [0.25, 0.3) is 0 Å². The smallest absolute Gasteiger partial charge is 0.0585 e. The fourth-order valence-electron chi connectivity index (χ4n) is 1.55. The molecule has 0 saturated carbocycles. The average molecular weight is 305 g/mol. The van der Waals surface area contributed by atoms with Crippen LogP contribution in [0.1, 0.15) is 11.1 Å². The summed E-state index contributed by atoms with van der Waals surface area (Å²) >= 11 is 11.6. The van der Waals surface area contributed by atoms with E-state index in [9.17, 15) is 0 Å². The summed E-state index contributed by atoms with van der Waals surface area (Å²) in [7, 11) is 0. The van der Waals surface area contributed by atoms with Gasteiger partial charge in [-0.1, -0.05) is 47.5 Å². The van der Waals surface area contributed by atoms with Crippen molar-refractivity contribution in [3.8, 4) is 0 Å². The minimum absolute atomic E-state index is 0.659. The molecule has 2 aromatic rings. The van der Waals surface area contributed by atoms with Crippen molar-refractivity contribution in [2.24, 2.45) is 9.98 Å². The number of benzene rings is 2. The summed E-state index contributed by atoms with van der Waals surface area (Å²) in [5, 5.41) is 1.46. The molecule has 0 spiro atoms. The highest BCUT2D eigenvalue weighted by atomic mass is 35.5. The van der Waals surface area contributed by atoms with Crippen molar-refractivity contribution in [1.82, 2.24) is 0 Å². The molecule has 20 heavy (non-hydrogen) atoms. The summed E-state index contributed by atoms with van der Waals surface area (Å²) in [6, 6.07) is 15.1. The van der Waals surface area contributed by atoms with E-state index < -0.39 is 0 Å². The van der Waals surface area contributed by atoms with Gasteiger partial charge in [0, 0.05) is 22.5 Å². The monoisotopic (exact) mass is 304 g/mol. The summed E-state index contributed by atoms with van der Waals surface area (Å²) in [6.07, 6.45) is 3.66. The van der Waals surface area contributed by atoms with Crippen LogP contribution < -0.4 is 0 Å². The Morgan fingerprint density at radius 2 is 1.00 bits per heavy atom. The lowest BCUT2D eigenvalue weighted by molar-refractivity contribution is 0.985. The van der Waals surface area contributed by atoms with E-state index in [1.807, 2.05) is 61.0 Å². The predicted molar refractivity (Wildman–Crippen MR) is 87.8 cm³/mol. The highest BCUT2D eigenvalue weighted by Crippen LogP contribution is 2.08. The Kier molecular flexibility index (Phi) is 5.78. The van der Waals surface area contributed by atoms with Gasteiger partial charge in [-0.2, -0.15) is 0 Å². The van der Waals surface area contributed by atoms with Crippen molar-refractivity contribution in [2.45, 2.75) is 0 Å². The second kappa shape index (κ2) is 7.83. The molecule has 102 valence electrons. The number of rotatable bonds is 5. The molecule has 0 unspecified atom stereocenters. The number of nitrogens with zero attached hydrogens (tertiary/aromatic N) is 2. The normalized spacial score (nSPS) is 11.5. The molecule has 0 bridgehead atoms. The van der Waals surface area contributed by atoms with Crippen molar-refractivity contribution >= 4 is 35.6 Å². The predicted octanol–water partition coefficient (Wildman–Crippen LogP) is 4.53. The van der Waals surface area contributed by atoms with Gasteiger partial charge in [0.15, 0.2) is 0 Å². The standard InChI is InChI=1S/C16H14Cl2N2/c17-15-5-1-13(2-6-15)11-19-9-10-20-12-14-3-7-16(18)8-4-14/h1-8,11-12H,9-10H2. The molecule has 0 atom stereocenters. The first kappa shape index (κ1) is 14.8. The summed E-state index contributed by atoms with van der Waals surface area (Å²) in [5.74, 6) is 0. The Hall–Kier alpha value is -1.64. The first-order valence-corrected chi connectivity index (χ1v) is 7.00. The SMILES string of the molecule is Clc1ccc(C=NCCN=Cc2ccc(Cl)cc2)cc1. The third-order valence-corrected chi connectivity index (χ3v) is 3.08. The second-order valence-corrected chi connectivity index (χ2v) is 5.05. The molecular weight excluding hydrogens is 291 g/mol. The highest BCUT2D eigenvalue weighted by Gasteiger charge is 1.89. The summed E-state index contributed by atoms with van der Waals surface area (Å²) in [6.45, 7) is 1.32. The molecule has 0 aliphatic carbocycles. The fraction of sp³-hybridized carbons (Fsp3) is 0.125. The minimum atomic E-state index is 0.659. The van der Waals surface area contributed by atoms with Crippen LogP contribution in [0.5, 0.6) is 0 Å². The van der Waals surface area contributed by atoms with Crippen LogP contribution in [0.25, 0.3) is 0 Å². The van der Waals surface area contributed by atoms with E-state index in [-0.39, 0.29) is 0 Å². The molecule has 4 heteroatoms. The maximum atomic E-state index is 5.81. The van der Waals surface area contributed by atoms with Crippen molar-refractivity contribution in [1.29, 1.82) is 0 Å². The van der Waals surface area contributed by atoms with Gasteiger partial charge in [-0.15, -0.1) is 0 Å². The lowest BCUT2D eigenvalue weighted by Gasteiger charge is -1.94. The molecule has 0 aromatic heterocycles. The summed E-state index contributed by atoms with van der Waals surface area (Å²) in [4.78, 5) is 8.63. The van der Waals surface area contributed by atoms with Crippen LogP contribution in [0.4, 0.5) is 0 Å². The number of hydrogen-bond donors (Lipinski definition) is 0. The van der Waals surface area contributed by atoms with Crippen molar-refractivity contribution in [3.63, 3.8) is 0 Å². The van der Waals surface area contributed by atoms with Crippen LogP contribution in [0.15, 0.2) is 58.5 Å². The number of hydrogen-bond acceptors (Lipinski definition) is 2. The van der Waals surface area contributed by atoms with Gasteiger partial charge >= 0.3 is 0 Å². The summed E-state index contributed by atoms with van der Waals surface area (Å²) in [5.41, 5.74) is 2.08. The van der Waals surface area contributed by atoms with Gasteiger partial charge in [0.1, 0.15) is 0 Å². The molecule has 2 aromatic carbocycles. The highest BCUT2D eigenvalue weighted by molar-refractivity contribution is 6.30. The van der Waals surface area contributed by atoms with Crippen LogP contribution in [0, 0.1) is 0 Å². The largest absolute Gasteiger partial charge is 0.291 e. The number of halogens is 2. The zero-order chi connectivity index (χ0) is 14.2. The van der Waals surface area contributed by atoms with Crippen LogP contribution in [0.3, 0.4) is 0 Å². The molecule has 2 rings (SSSR count). The Morgan fingerprint density at radius 3 is 1.35 bits per heavy atom. The van der Waals surface area contributed by atoms with E-state index in [1.54, 1.807) is 0 Å². The van der Waals surface area contributed by atoms with E-state index in [1.165, 1.54) is 0 Å². The molecule has 0 heterocycles. The van der Waals surface area contributed by atoms with Gasteiger partial charge < -0.3 is 0 Å². The van der Waals surface area contributed by atoms with E-state index in [2.05, 4.69) is 9.98 Å². The molecule has 0 saturated heterocycles. The summed E-state index contributed by atoms with van der Waals surface area (Å²) < 4.78 is 0. The molecule has 0 N–H and O–H groups in total. The van der Waals surface area contributed by atoms with Gasteiger partial charge in [-0.3, -0.25) is 9.98 Å². The van der Waals surface area contributed by atoms with E-state index in [0.717, 1.165) is 21.2 Å². The van der Waals surface area contributed by atoms with Crippen molar-refractivity contribution in [2.75, 3.05) is 13.1 Å². The average Bonchev–Trinajstić information content (AvgIpc) is 2.46. The van der Waals surface area contributed by atoms with Gasteiger partial charge in [0.05, 0.1) is 13.1 Å². The zero-order valence-corrected chi connectivity index (χ0v) is 12.3. The first-order chi connectivity index (χ1) is 9.74. The zero-order valence-electron chi connectivity index (χ0n) is 10.8. The maximum absolute atomic E-state index is 5.81. The van der Waals surface area contributed by atoms with E-state index in [0.29, 0.717) is 13.1 Å². The topological polar surface area (TPSA) is 24.7 Å². The molecule has 0 radical (unpaired) electrons. The van der Waals surface area contributed by atoms with Crippen LogP contribution >= 0.6 is 23.2 Å². The van der Waals surface area contributed by atoms with Gasteiger partial charge in [-0.25, -0.2) is 0 Å². The lowest BCUT2D eigenvalue weighted by atomic mass is 10.2. The Morgan fingerprint density at radius 1 is 0.650 bits per heavy atom. The lowest BCUT2D eigenvalue weighted by Crippen LogP contribution is -1.90. The molecule has 0 amide bonds. The molecule has 0 fully saturated rings. The fourth-order valence-corrected chi connectivity index (χ4v) is 1.81. The van der Waals surface area contributed by atoms with Crippen LogP contribution in [0.2, 0.25) is 10.0 Å². The van der Waals surface area contributed by atoms with Crippen molar-refractivity contribution in [3.05, 3.63) is 69.7 Å². The molecule has 0 aliphatic rings. The Labute approximate surface area is 128 Å². The molecule has 0 aliphatic heterocycles. The minimum Gasteiger partial charge on any atom is -0.291 e. The Bertz CT molecular complexity index is 531. The number of aliphatic imine (C=N–C) groups is 2. The second-order valence-electron chi connectivity index (χ2n) is 4.17. The molecule has 2 nitrogen and oxygen atoms in total. The van der Waals surface area contributed by atoms with Crippen LogP contribution in [-0.4, -0.2) is 25.5 Å². The van der Waals surface area contributed by atoms with E-state index >= 15 is 0 Å². The Balaban J connectivity index is 1.76. The first-order valence-electron chi connectivity index (χ1n) is 6.25. The van der Waals surface area contributed by atoms with Crippen LogP contribution in [-0.2, 0) is 0 Å². The third-order valence-electron chi connectivity index (χ3n) is 2.58. The maximum Gasteiger partial charge on any atom is 0.0585 e. The van der Waals surface area contributed by atoms with Gasteiger partial charge in [-0.05, 0) is 35.4 Å².